The number of nitrogens with one attached hydrogen (secondary N) is 1. The molecule has 1 N–H and O–H groups in total. The molecule has 0 aromatic heterocycles. The Hall–Kier alpha value is -2.96. The molecule has 25 heavy (non-hydrogen) atoms. The van der Waals surface area contributed by atoms with Gasteiger partial charge in [0.2, 0.25) is 5.91 Å². The smallest absolute Gasteiger partial charge is 0.387 e. The van der Waals surface area contributed by atoms with Crippen molar-refractivity contribution in [3.05, 3.63) is 53.6 Å². The molecule has 0 aliphatic carbocycles. The second kappa shape index (κ2) is 6.88. The highest BCUT2D eigenvalue weighted by molar-refractivity contribution is 6.04. The molecule has 2 aromatic carbocycles. The third-order valence-corrected chi connectivity index (χ3v) is 3.95. The van der Waals surface area contributed by atoms with Gasteiger partial charge in [-0.1, -0.05) is 0 Å². The van der Waals surface area contributed by atoms with Crippen LogP contribution in [-0.2, 0) is 11.2 Å². The first kappa shape index (κ1) is 16.9. The SMILES string of the molecule is CC(=O)N1CCc2cc(NC(=O)c3ccc(OC(F)F)cc3)ccc21. The molecule has 0 saturated carbocycles. The summed E-state index contributed by atoms with van der Waals surface area (Å²) >= 11 is 0. The lowest BCUT2D eigenvalue weighted by Gasteiger charge is -2.15. The fourth-order valence-electron chi connectivity index (χ4n) is 2.80. The van der Waals surface area contributed by atoms with Crippen LogP contribution >= 0.6 is 0 Å². The molecule has 0 saturated heterocycles. The van der Waals surface area contributed by atoms with E-state index in [1.807, 2.05) is 6.07 Å². The van der Waals surface area contributed by atoms with Crippen LogP contribution in [-0.4, -0.2) is 25.0 Å². The first-order chi connectivity index (χ1) is 11.9. The minimum atomic E-state index is -2.90. The van der Waals surface area contributed by atoms with Crippen LogP contribution in [0.3, 0.4) is 0 Å². The molecule has 2 aromatic rings. The highest BCUT2D eigenvalue weighted by Crippen LogP contribution is 2.30. The second-order valence-corrected chi connectivity index (χ2v) is 5.62. The van der Waals surface area contributed by atoms with Gasteiger partial charge in [-0.05, 0) is 54.4 Å². The molecule has 0 bridgehead atoms. The Balaban J connectivity index is 1.70. The molecule has 0 unspecified atom stereocenters. The number of nitrogens with zero attached hydrogens (tertiary/aromatic N) is 1. The Labute approximate surface area is 143 Å². The number of fused-ring (bicyclic) bond motifs is 1. The fourth-order valence-corrected chi connectivity index (χ4v) is 2.80. The average molecular weight is 346 g/mol. The van der Waals surface area contributed by atoms with E-state index >= 15 is 0 Å². The van der Waals surface area contributed by atoms with Gasteiger partial charge < -0.3 is 15.0 Å². The van der Waals surface area contributed by atoms with Crippen molar-refractivity contribution in [1.29, 1.82) is 0 Å². The van der Waals surface area contributed by atoms with E-state index in [0.29, 0.717) is 17.8 Å². The zero-order valence-electron chi connectivity index (χ0n) is 13.5. The van der Waals surface area contributed by atoms with Crippen molar-refractivity contribution in [2.24, 2.45) is 0 Å². The number of ether oxygens (including phenoxy) is 1. The van der Waals surface area contributed by atoms with Crippen molar-refractivity contribution < 1.29 is 23.1 Å². The van der Waals surface area contributed by atoms with Gasteiger partial charge in [0.1, 0.15) is 5.75 Å². The van der Waals surface area contributed by atoms with Crippen molar-refractivity contribution in [2.75, 3.05) is 16.8 Å². The van der Waals surface area contributed by atoms with E-state index in [1.54, 1.807) is 17.0 Å². The molecular weight excluding hydrogens is 330 g/mol. The molecule has 1 heterocycles. The van der Waals surface area contributed by atoms with Crippen LogP contribution in [0, 0.1) is 0 Å². The summed E-state index contributed by atoms with van der Waals surface area (Å²) in [6, 6.07) is 10.8. The normalized spacial score (nSPS) is 12.9. The molecule has 0 fully saturated rings. The van der Waals surface area contributed by atoms with Gasteiger partial charge in [-0.3, -0.25) is 9.59 Å². The number of benzene rings is 2. The third kappa shape index (κ3) is 3.76. The van der Waals surface area contributed by atoms with Crippen LogP contribution in [0.5, 0.6) is 5.75 Å². The third-order valence-electron chi connectivity index (χ3n) is 3.95. The van der Waals surface area contributed by atoms with Crippen LogP contribution in [0.15, 0.2) is 42.5 Å². The van der Waals surface area contributed by atoms with Crippen LogP contribution in [0.1, 0.15) is 22.8 Å². The molecule has 130 valence electrons. The predicted octanol–water partition coefficient (Wildman–Crippen LogP) is 3.45. The number of hydrogen-bond donors (Lipinski definition) is 1. The van der Waals surface area contributed by atoms with E-state index < -0.39 is 6.61 Å². The minimum absolute atomic E-state index is 0.00611. The molecular formula is C18H16F2N2O3. The van der Waals surface area contributed by atoms with Gasteiger partial charge in [-0.2, -0.15) is 8.78 Å². The lowest BCUT2D eigenvalue weighted by molar-refractivity contribution is -0.116. The second-order valence-electron chi connectivity index (χ2n) is 5.62. The number of alkyl halides is 2. The van der Waals surface area contributed by atoms with E-state index in [0.717, 1.165) is 17.7 Å². The number of rotatable bonds is 4. The zero-order valence-corrected chi connectivity index (χ0v) is 13.5. The van der Waals surface area contributed by atoms with Gasteiger partial charge >= 0.3 is 6.61 Å². The monoisotopic (exact) mass is 346 g/mol. The Morgan fingerprint density at radius 2 is 1.88 bits per heavy atom. The first-order valence-corrected chi connectivity index (χ1v) is 7.71. The molecule has 0 atom stereocenters. The maximum Gasteiger partial charge on any atom is 0.387 e. The molecule has 3 rings (SSSR count). The number of hydrogen-bond acceptors (Lipinski definition) is 3. The van der Waals surface area contributed by atoms with Crippen LogP contribution in [0.4, 0.5) is 20.2 Å². The van der Waals surface area contributed by atoms with Crippen molar-refractivity contribution in [3.8, 4) is 5.75 Å². The molecule has 1 aliphatic rings. The summed E-state index contributed by atoms with van der Waals surface area (Å²) in [4.78, 5) is 25.5. The molecule has 0 spiro atoms. The standard InChI is InChI=1S/C18H16F2N2O3/c1-11(23)22-9-8-13-10-14(4-7-16(13)22)21-17(24)12-2-5-15(6-3-12)25-18(19)20/h2-7,10,18H,8-9H2,1H3,(H,21,24). The summed E-state index contributed by atoms with van der Waals surface area (Å²) in [5, 5.41) is 2.76. The number of carbonyl (C=O) groups excluding carboxylic acids is 2. The summed E-state index contributed by atoms with van der Waals surface area (Å²) in [5.74, 6) is -0.375. The van der Waals surface area contributed by atoms with Crippen LogP contribution in [0.25, 0.3) is 0 Å². The largest absolute Gasteiger partial charge is 0.435 e. The van der Waals surface area contributed by atoms with Gasteiger partial charge in [0.05, 0.1) is 0 Å². The summed E-state index contributed by atoms with van der Waals surface area (Å²) in [5.41, 5.74) is 2.79. The van der Waals surface area contributed by atoms with Crippen molar-refractivity contribution >= 4 is 23.2 Å². The highest BCUT2D eigenvalue weighted by Gasteiger charge is 2.22. The Morgan fingerprint density at radius 3 is 2.52 bits per heavy atom. The van der Waals surface area contributed by atoms with E-state index in [9.17, 15) is 18.4 Å². The molecule has 5 nitrogen and oxygen atoms in total. The van der Waals surface area contributed by atoms with Gasteiger partial charge in [-0.25, -0.2) is 0 Å². The Bertz CT molecular complexity index is 806. The van der Waals surface area contributed by atoms with Crippen molar-refractivity contribution in [3.63, 3.8) is 0 Å². The Morgan fingerprint density at radius 1 is 1.16 bits per heavy atom. The zero-order chi connectivity index (χ0) is 18.0. The summed E-state index contributed by atoms with van der Waals surface area (Å²) < 4.78 is 28.5. The summed E-state index contributed by atoms with van der Waals surface area (Å²) in [7, 11) is 0. The van der Waals surface area contributed by atoms with Gasteiger partial charge in [-0.15, -0.1) is 0 Å². The number of anilines is 2. The van der Waals surface area contributed by atoms with Crippen molar-refractivity contribution in [1.82, 2.24) is 0 Å². The maximum absolute atomic E-state index is 12.3. The fraction of sp³-hybridized carbons (Fsp3) is 0.222. The number of amides is 2. The highest BCUT2D eigenvalue weighted by atomic mass is 19.3. The topological polar surface area (TPSA) is 58.6 Å². The maximum atomic E-state index is 12.3. The van der Waals surface area contributed by atoms with Crippen molar-refractivity contribution in [2.45, 2.75) is 20.0 Å². The summed E-state index contributed by atoms with van der Waals surface area (Å²) in [6.45, 7) is -0.750. The minimum Gasteiger partial charge on any atom is -0.435 e. The summed E-state index contributed by atoms with van der Waals surface area (Å²) in [6.07, 6.45) is 0.734. The molecule has 1 aliphatic heterocycles. The molecule has 0 radical (unpaired) electrons. The quantitative estimate of drug-likeness (QED) is 0.922. The van der Waals surface area contributed by atoms with E-state index in [1.165, 1.54) is 31.2 Å². The lowest BCUT2D eigenvalue weighted by atomic mass is 10.1. The average Bonchev–Trinajstić information content (AvgIpc) is 2.98. The molecule has 2 amide bonds. The lowest BCUT2D eigenvalue weighted by Crippen LogP contribution is -2.25. The predicted molar refractivity (Wildman–Crippen MR) is 89.2 cm³/mol. The van der Waals surface area contributed by atoms with Gasteiger partial charge in [0.25, 0.3) is 5.91 Å². The Kier molecular flexibility index (Phi) is 4.65. The first-order valence-electron chi connectivity index (χ1n) is 7.71. The van der Waals surface area contributed by atoms with E-state index in [2.05, 4.69) is 10.1 Å². The van der Waals surface area contributed by atoms with Crippen LogP contribution in [0.2, 0.25) is 0 Å². The van der Waals surface area contributed by atoms with Crippen LogP contribution < -0.4 is 15.0 Å². The van der Waals surface area contributed by atoms with Gasteiger partial charge in [0.15, 0.2) is 0 Å². The van der Waals surface area contributed by atoms with Gasteiger partial charge in [0, 0.05) is 30.4 Å². The number of halogens is 2. The molecule has 7 heteroatoms. The number of carbonyl (C=O) groups is 2. The van der Waals surface area contributed by atoms with E-state index in [-0.39, 0.29) is 17.6 Å². The van der Waals surface area contributed by atoms with E-state index in [4.69, 9.17) is 0 Å².